The van der Waals surface area contributed by atoms with Crippen LogP contribution >= 0.6 is 11.6 Å². The monoisotopic (exact) mass is 448 g/mol. The molecule has 2 rings (SSSR count). The fraction of sp³-hybridized carbons (Fsp3) is 0.316. The molecule has 10 heteroatoms. The maximum atomic E-state index is 12.9. The number of amides is 1. The van der Waals surface area contributed by atoms with Crippen LogP contribution in [0.1, 0.15) is 24.0 Å². The summed E-state index contributed by atoms with van der Waals surface area (Å²) in [5.74, 6) is -0.354. The van der Waals surface area contributed by atoms with Gasteiger partial charge in [-0.05, 0) is 49.2 Å². The van der Waals surface area contributed by atoms with Gasteiger partial charge in [0.05, 0.1) is 17.5 Å². The number of rotatable bonds is 7. The van der Waals surface area contributed by atoms with E-state index in [2.05, 4.69) is 5.32 Å². The molecule has 0 aromatic heterocycles. The first-order valence-electron chi connectivity index (χ1n) is 8.59. The summed E-state index contributed by atoms with van der Waals surface area (Å²) < 4.78 is 63.8. The molecule has 1 N–H and O–H groups in total. The number of aryl methyl sites for hydroxylation is 1. The molecule has 0 aliphatic carbocycles. The van der Waals surface area contributed by atoms with E-state index in [1.807, 2.05) is 0 Å². The van der Waals surface area contributed by atoms with Crippen LogP contribution in [-0.2, 0) is 21.0 Å². The van der Waals surface area contributed by atoms with Gasteiger partial charge in [-0.25, -0.2) is 8.42 Å². The SMILES string of the molecule is Cc1ccc(Cl)cc1NC(=O)CCCN(c1cccc(C(F)(F)F)c1)S(C)(=O)=O. The van der Waals surface area contributed by atoms with Crippen LogP contribution in [0.5, 0.6) is 0 Å². The number of nitrogens with one attached hydrogen (secondary N) is 1. The van der Waals surface area contributed by atoms with Crippen molar-refractivity contribution in [2.45, 2.75) is 25.9 Å². The van der Waals surface area contributed by atoms with Crippen molar-refractivity contribution in [2.75, 3.05) is 22.4 Å². The van der Waals surface area contributed by atoms with Crippen LogP contribution in [0.15, 0.2) is 42.5 Å². The predicted molar refractivity (Wildman–Crippen MR) is 108 cm³/mol. The molecule has 0 bridgehead atoms. The molecule has 0 atom stereocenters. The molecule has 0 heterocycles. The van der Waals surface area contributed by atoms with Crippen LogP contribution in [0, 0.1) is 6.92 Å². The third-order valence-corrected chi connectivity index (χ3v) is 5.53. The van der Waals surface area contributed by atoms with E-state index < -0.39 is 21.8 Å². The summed E-state index contributed by atoms with van der Waals surface area (Å²) in [4.78, 5) is 12.2. The molecule has 0 fully saturated rings. The lowest BCUT2D eigenvalue weighted by atomic mass is 10.2. The Morgan fingerprint density at radius 2 is 1.86 bits per heavy atom. The molecule has 0 spiro atoms. The topological polar surface area (TPSA) is 66.5 Å². The zero-order chi connectivity index (χ0) is 21.8. The lowest BCUT2D eigenvalue weighted by Gasteiger charge is -2.23. The Labute approximate surface area is 172 Å². The Hall–Kier alpha value is -2.26. The summed E-state index contributed by atoms with van der Waals surface area (Å²) in [7, 11) is -3.83. The molecule has 29 heavy (non-hydrogen) atoms. The molecule has 0 unspecified atom stereocenters. The number of anilines is 2. The molecular formula is C19H20ClF3N2O3S. The first-order valence-corrected chi connectivity index (χ1v) is 10.8. The maximum Gasteiger partial charge on any atom is 0.416 e. The highest BCUT2D eigenvalue weighted by molar-refractivity contribution is 7.92. The van der Waals surface area contributed by atoms with Crippen molar-refractivity contribution in [1.82, 2.24) is 0 Å². The third kappa shape index (κ3) is 6.64. The van der Waals surface area contributed by atoms with Gasteiger partial charge in [0.15, 0.2) is 0 Å². The number of hydrogen-bond donors (Lipinski definition) is 1. The summed E-state index contributed by atoms with van der Waals surface area (Å²) in [5.41, 5.74) is 0.302. The molecule has 0 radical (unpaired) electrons. The van der Waals surface area contributed by atoms with Crippen molar-refractivity contribution in [3.05, 3.63) is 58.6 Å². The van der Waals surface area contributed by atoms with Gasteiger partial charge in [0.2, 0.25) is 15.9 Å². The molecule has 0 aliphatic rings. The first kappa shape index (κ1) is 23.0. The lowest BCUT2D eigenvalue weighted by molar-refractivity contribution is -0.137. The van der Waals surface area contributed by atoms with Gasteiger partial charge in [-0.15, -0.1) is 0 Å². The minimum Gasteiger partial charge on any atom is -0.326 e. The smallest absolute Gasteiger partial charge is 0.326 e. The molecule has 158 valence electrons. The zero-order valence-corrected chi connectivity index (χ0v) is 17.3. The normalized spacial score (nSPS) is 11.9. The largest absolute Gasteiger partial charge is 0.416 e. The van der Waals surface area contributed by atoms with Gasteiger partial charge in [0, 0.05) is 23.7 Å². The van der Waals surface area contributed by atoms with Crippen molar-refractivity contribution in [3.63, 3.8) is 0 Å². The van der Waals surface area contributed by atoms with E-state index in [0.717, 1.165) is 34.3 Å². The lowest BCUT2D eigenvalue weighted by Crippen LogP contribution is -2.31. The van der Waals surface area contributed by atoms with Gasteiger partial charge >= 0.3 is 6.18 Å². The van der Waals surface area contributed by atoms with Crippen molar-refractivity contribution in [2.24, 2.45) is 0 Å². The van der Waals surface area contributed by atoms with E-state index in [1.165, 1.54) is 6.07 Å². The van der Waals surface area contributed by atoms with E-state index in [9.17, 15) is 26.4 Å². The highest BCUT2D eigenvalue weighted by atomic mass is 35.5. The number of carbonyl (C=O) groups excluding carboxylic acids is 1. The summed E-state index contributed by atoms with van der Waals surface area (Å²) in [5, 5.41) is 3.15. The number of carbonyl (C=O) groups is 1. The first-order chi connectivity index (χ1) is 13.4. The van der Waals surface area contributed by atoms with Crippen LogP contribution in [0.3, 0.4) is 0 Å². The number of nitrogens with zero attached hydrogens (tertiary/aromatic N) is 1. The van der Waals surface area contributed by atoms with E-state index in [1.54, 1.807) is 25.1 Å². The Morgan fingerprint density at radius 3 is 2.48 bits per heavy atom. The van der Waals surface area contributed by atoms with Crippen LogP contribution in [0.2, 0.25) is 5.02 Å². The Morgan fingerprint density at radius 1 is 1.17 bits per heavy atom. The predicted octanol–water partition coefficient (Wildman–Crippen LogP) is 4.85. The number of halogens is 4. The van der Waals surface area contributed by atoms with E-state index >= 15 is 0 Å². The van der Waals surface area contributed by atoms with Crippen molar-refractivity contribution < 1.29 is 26.4 Å². The fourth-order valence-electron chi connectivity index (χ4n) is 2.65. The van der Waals surface area contributed by atoms with Gasteiger partial charge < -0.3 is 5.32 Å². The molecule has 2 aromatic carbocycles. The molecule has 0 aliphatic heterocycles. The Kier molecular flexibility index (Phi) is 7.18. The van der Waals surface area contributed by atoms with Crippen molar-refractivity contribution >= 4 is 38.9 Å². The third-order valence-electron chi connectivity index (χ3n) is 4.10. The van der Waals surface area contributed by atoms with Crippen LogP contribution < -0.4 is 9.62 Å². The van der Waals surface area contributed by atoms with Gasteiger partial charge in [0.25, 0.3) is 0 Å². The molecule has 0 saturated carbocycles. The van der Waals surface area contributed by atoms with Gasteiger partial charge in [-0.1, -0.05) is 23.7 Å². The second-order valence-corrected chi connectivity index (χ2v) is 8.84. The zero-order valence-electron chi connectivity index (χ0n) is 15.8. The minimum atomic E-state index is -4.59. The average Bonchev–Trinajstić information content (AvgIpc) is 2.60. The maximum absolute atomic E-state index is 12.9. The quantitative estimate of drug-likeness (QED) is 0.658. The standard InChI is InChI=1S/C19H20ClF3N2O3S/c1-13-8-9-15(20)12-17(13)24-18(26)7-4-10-25(29(2,27)28)16-6-3-5-14(11-16)19(21,22)23/h3,5-6,8-9,11-12H,4,7,10H2,1-2H3,(H,24,26). The highest BCUT2D eigenvalue weighted by Gasteiger charge is 2.31. The second-order valence-electron chi connectivity index (χ2n) is 6.49. The van der Waals surface area contributed by atoms with E-state index in [0.29, 0.717) is 10.7 Å². The van der Waals surface area contributed by atoms with Crippen LogP contribution in [0.4, 0.5) is 24.5 Å². The summed E-state index contributed by atoms with van der Waals surface area (Å²) >= 11 is 5.90. The summed E-state index contributed by atoms with van der Waals surface area (Å²) in [6, 6.07) is 9.10. The average molecular weight is 449 g/mol. The van der Waals surface area contributed by atoms with Crippen molar-refractivity contribution in [3.8, 4) is 0 Å². The van der Waals surface area contributed by atoms with E-state index in [-0.39, 0.29) is 31.0 Å². The molecule has 5 nitrogen and oxygen atoms in total. The number of hydrogen-bond acceptors (Lipinski definition) is 3. The number of alkyl halides is 3. The fourth-order valence-corrected chi connectivity index (χ4v) is 3.78. The Balaban J connectivity index is 2.07. The van der Waals surface area contributed by atoms with E-state index in [4.69, 9.17) is 11.6 Å². The molecule has 2 aromatic rings. The van der Waals surface area contributed by atoms with Gasteiger partial charge in [-0.2, -0.15) is 13.2 Å². The summed E-state index contributed by atoms with van der Waals surface area (Å²) in [6.07, 6.45) is -3.58. The number of benzene rings is 2. The highest BCUT2D eigenvalue weighted by Crippen LogP contribution is 2.32. The summed E-state index contributed by atoms with van der Waals surface area (Å²) in [6.45, 7) is 1.66. The number of sulfonamides is 1. The van der Waals surface area contributed by atoms with Crippen LogP contribution in [-0.4, -0.2) is 27.1 Å². The molecular weight excluding hydrogens is 429 g/mol. The second kappa shape index (κ2) is 9.04. The molecule has 0 saturated heterocycles. The van der Waals surface area contributed by atoms with Crippen molar-refractivity contribution in [1.29, 1.82) is 0 Å². The van der Waals surface area contributed by atoms with Crippen LogP contribution in [0.25, 0.3) is 0 Å². The Bertz CT molecular complexity index is 994. The van der Waals surface area contributed by atoms with Gasteiger partial charge in [-0.3, -0.25) is 9.10 Å². The minimum absolute atomic E-state index is 0.0169. The molecule has 1 amide bonds. The van der Waals surface area contributed by atoms with Gasteiger partial charge in [0.1, 0.15) is 0 Å².